The van der Waals surface area contributed by atoms with E-state index in [2.05, 4.69) is 16.8 Å². The number of pyridine rings is 1. The topological polar surface area (TPSA) is 137 Å². The molecule has 2 aromatic rings. The molecule has 1 aliphatic heterocycles. The zero-order valence-electron chi connectivity index (χ0n) is 15.9. The van der Waals surface area contributed by atoms with Crippen LogP contribution in [-0.2, 0) is 6.54 Å². The summed E-state index contributed by atoms with van der Waals surface area (Å²) < 4.78 is 14.0. The van der Waals surface area contributed by atoms with Gasteiger partial charge in [-0.05, 0) is 55.1 Å². The molecule has 3 rings (SSSR count). The maximum Gasteiger partial charge on any atom is 0.342 e. The lowest BCUT2D eigenvalue weighted by Crippen LogP contribution is -2.32. The van der Waals surface area contributed by atoms with E-state index in [4.69, 9.17) is 5.73 Å². The number of halogens is 1. The van der Waals surface area contributed by atoms with Gasteiger partial charge in [-0.25, -0.2) is 14.0 Å². The summed E-state index contributed by atoms with van der Waals surface area (Å²) in [6.45, 7) is 4.02. The zero-order valence-corrected chi connectivity index (χ0v) is 15.9. The van der Waals surface area contributed by atoms with Crippen LogP contribution in [0.2, 0.25) is 0 Å². The average molecular weight is 403 g/mol. The molecule has 0 unspecified atom stereocenters. The largest absolute Gasteiger partial charge is 0.478 e. The first-order chi connectivity index (χ1) is 13.7. The number of rotatable bonds is 5. The number of H-pyrrole nitrogens is 1. The van der Waals surface area contributed by atoms with Gasteiger partial charge in [0.05, 0.1) is 0 Å². The predicted octanol–water partition coefficient (Wildman–Crippen LogP) is 2.39. The second-order valence-corrected chi connectivity index (χ2v) is 7.36. The van der Waals surface area contributed by atoms with Crippen molar-refractivity contribution < 1.29 is 24.2 Å². The molecule has 0 aliphatic carbocycles. The number of carboxylic acids is 2. The lowest BCUT2D eigenvalue weighted by Gasteiger charge is -2.31. The van der Waals surface area contributed by atoms with Gasteiger partial charge in [-0.2, -0.15) is 0 Å². The molecule has 1 aromatic heterocycles. The number of hydrogen-bond donors (Lipinski definition) is 4. The van der Waals surface area contributed by atoms with Crippen LogP contribution < -0.4 is 11.3 Å². The molecule has 8 nitrogen and oxygen atoms in total. The summed E-state index contributed by atoms with van der Waals surface area (Å²) in [5.74, 6) is -3.49. The third-order valence-electron chi connectivity index (χ3n) is 5.28. The molecule has 0 saturated carbocycles. The minimum absolute atomic E-state index is 0.164. The van der Waals surface area contributed by atoms with Gasteiger partial charge in [0.15, 0.2) is 0 Å². The van der Waals surface area contributed by atoms with Crippen LogP contribution >= 0.6 is 0 Å². The number of hydrogen-bond acceptors (Lipinski definition) is 5. The number of aromatic carboxylic acids is 2. The zero-order chi connectivity index (χ0) is 21.3. The van der Waals surface area contributed by atoms with E-state index in [0.29, 0.717) is 18.0 Å². The minimum atomic E-state index is -1.59. The van der Waals surface area contributed by atoms with Gasteiger partial charge in [-0.3, -0.25) is 9.69 Å². The number of nitrogens with one attached hydrogen (secondary N) is 1. The van der Waals surface area contributed by atoms with E-state index in [0.717, 1.165) is 32.0 Å². The molecule has 1 aliphatic rings. The fourth-order valence-corrected chi connectivity index (χ4v) is 3.71. The first-order valence-electron chi connectivity index (χ1n) is 9.22. The van der Waals surface area contributed by atoms with Gasteiger partial charge in [0.2, 0.25) is 0 Å². The number of anilines is 1. The second-order valence-electron chi connectivity index (χ2n) is 7.36. The Morgan fingerprint density at radius 2 is 1.83 bits per heavy atom. The van der Waals surface area contributed by atoms with E-state index in [1.165, 1.54) is 12.1 Å². The minimum Gasteiger partial charge on any atom is -0.478 e. The number of piperidine rings is 1. The van der Waals surface area contributed by atoms with E-state index in [1.807, 2.05) is 0 Å². The molecule has 9 heteroatoms. The quantitative estimate of drug-likeness (QED) is 0.601. The van der Waals surface area contributed by atoms with Crippen LogP contribution in [0.3, 0.4) is 0 Å². The summed E-state index contributed by atoms with van der Waals surface area (Å²) >= 11 is 0. The Morgan fingerprint density at radius 3 is 2.41 bits per heavy atom. The highest BCUT2D eigenvalue weighted by atomic mass is 19.1. The second kappa shape index (κ2) is 8.04. The highest BCUT2D eigenvalue weighted by molar-refractivity contribution is 6.07. The number of likely N-dealkylation sites (tertiary alicyclic amines) is 1. The van der Waals surface area contributed by atoms with Crippen LogP contribution in [0.25, 0.3) is 11.1 Å². The van der Waals surface area contributed by atoms with Crippen molar-refractivity contribution in [3.05, 3.63) is 51.1 Å². The van der Waals surface area contributed by atoms with Crippen molar-refractivity contribution in [3.8, 4) is 11.1 Å². The monoisotopic (exact) mass is 403 g/mol. The van der Waals surface area contributed by atoms with Crippen molar-refractivity contribution in [1.82, 2.24) is 9.88 Å². The molecule has 1 saturated heterocycles. The molecule has 0 bridgehead atoms. The lowest BCUT2D eigenvalue weighted by molar-refractivity contribution is 0.0695. The summed E-state index contributed by atoms with van der Waals surface area (Å²) in [5.41, 5.74) is 3.66. The van der Waals surface area contributed by atoms with Gasteiger partial charge in [0, 0.05) is 12.1 Å². The highest BCUT2D eigenvalue weighted by Crippen LogP contribution is 2.33. The number of carbonyl (C=O) groups is 2. The molecule has 1 aromatic carbocycles. The lowest BCUT2D eigenvalue weighted by atomic mass is 9.91. The first-order valence-corrected chi connectivity index (χ1v) is 9.22. The maximum absolute atomic E-state index is 14.0. The van der Waals surface area contributed by atoms with Crippen LogP contribution in [0.4, 0.5) is 10.2 Å². The molecular weight excluding hydrogens is 381 g/mol. The van der Waals surface area contributed by atoms with E-state index in [1.54, 1.807) is 0 Å². The Kier molecular flexibility index (Phi) is 5.69. The molecule has 0 radical (unpaired) electrons. The van der Waals surface area contributed by atoms with Crippen molar-refractivity contribution in [2.75, 3.05) is 18.8 Å². The SMILES string of the molecule is CC1CCN(Cc2cc(F)ccc2-c2c(C(=O)O)c(N)[nH]c(=O)c2C(=O)O)CC1. The van der Waals surface area contributed by atoms with Crippen LogP contribution in [0.5, 0.6) is 0 Å². The Hall–Kier alpha value is -3.20. The third-order valence-corrected chi connectivity index (χ3v) is 5.28. The Labute approximate surface area is 165 Å². The summed E-state index contributed by atoms with van der Waals surface area (Å²) in [6, 6.07) is 3.64. The highest BCUT2D eigenvalue weighted by Gasteiger charge is 2.28. The summed E-state index contributed by atoms with van der Waals surface area (Å²) in [5, 5.41) is 19.2. The Bertz CT molecular complexity index is 1030. The Balaban J connectivity index is 2.22. The number of nitrogens with zero attached hydrogens (tertiary/aromatic N) is 1. The molecule has 0 amide bonds. The molecule has 0 spiro atoms. The molecule has 1 fully saturated rings. The molecule has 29 heavy (non-hydrogen) atoms. The number of aromatic amines is 1. The number of nitrogens with two attached hydrogens (primary N) is 1. The van der Waals surface area contributed by atoms with E-state index < -0.39 is 40.3 Å². The smallest absolute Gasteiger partial charge is 0.342 e. The Morgan fingerprint density at radius 1 is 1.21 bits per heavy atom. The van der Waals surface area contributed by atoms with Gasteiger partial charge in [0.1, 0.15) is 22.8 Å². The van der Waals surface area contributed by atoms with Crippen molar-refractivity contribution in [3.63, 3.8) is 0 Å². The summed E-state index contributed by atoms with van der Waals surface area (Å²) in [6.07, 6.45) is 1.95. The normalized spacial score (nSPS) is 15.4. The summed E-state index contributed by atoms with van der Waals surface area (Å²) in [4.78, 5) is 40.0. The molecule has 5 N–H and O–H groups in total. The van der Waals surface area contributed by atoms with Crippen LogP contribution in [0, 0.1) is 11.7 Å². The molecule has 154 valence electrons. The van der Waals surface area contributed by atoms with Crippen molar-refractivity contribution >= 4 is 17.8 Å². The van der Waals surface area contributed by atoms with Gasteiger partial charge < -0.3 is 20.9 Å². The average Bonchev–Trinajstić information content (AvgIpc) is 2.62. The summed E-state index contributed by atoms with van der Waals surface area (Å²) in [7, 11) is 0. The van der Waals surface area contributed by atoms with Gasteiger partial charge in [-0.1, -0.05) is 13.0 Å². The van der Waals surface area contributed by atoms with E-state index >= 15 is 0 Å². The molecule has 0 atom stereocenters. The fourth-order valence-electron chi connectivity index (χ4n) is 3.71. The third kappa shape index (κ3) is 4.14. The molecular formula is C20H22FN3O5. The van der Waals surface area contributed by atoms with Crippen LogP contribution in [0.1, 0.15) is 46.0 Å². The maximum atomic E-state index is 14.0. The van der Waals surface area contributed by atoms with E-state index in [9.17, 15) is 29.0 Å². The number of benzene rings is 1. The first kappa shape index (κ1) is 20.5. The van der Waals surface area contributed by atoms with Crippen LogP contribution in [0.15, 0.2) is 23.0 Å². The van der Waals surface area contributed by atoms with E-state index in [-0.39, 0.29) is 11.1 Å². The van der Waals surface area contributed by atoms with Crippen molar-refractivity contribution in [1.29, 1.82) is 0 Å². The van der Waals surface area contributed by atoms with Crippen molar-refractivity contribution in [2.45, 2.75) is 26.3 Å². The fraction of sp³-hybridized carbons (Fsp3) is 0.350. The number of carboxylic acid groups (broad SMARTS) is 2. The number of aromatic nitrogens is 1. The van der Waals surface area contributed by atoms with Gasteiger partial charge >= 0.3 is 11.9 Å². The standard InChI is InChI=1S/C20H22FN3O5/c1-10-4-6-24(7-5-10)9-11-8-12(21)2-3-13(11)14-15(19(26)27)17(22)23-18(25)16(14)20(28)29/h2-3,8,10H,4-7,9H2,1H3,(H,26,27)(H,28,29)(H3,22,23,25). The number of nitrogen functional groups attached to an aromatic ring is 1. The van der Waals surface area contributed by atoms with Crippen LogP contribution in [-0.4, -0.2) is 45.1 Å². The molecule has 2 heterocycles. The van der Waals surface area contributed by atoms with Gasteiger partial charge in [-0.15, -0.1) is 0 Å². The van der Waals surface area contributed by atoms with Crippen molar-refractivity contribution in [2.24, 2.45) is 5.92 Å². The predicted molar refractivity (Wildman–Crippen MR) is 104 cm³/mol. The van der Waals surface area contributed by atoms with Gasteiger partial charge in [0.25, 0.3) is 5.56 Å².